The van der Waals surface area contributed by atoms with E-state index in [1.807, 2.05) is 24.3 Å². The molecule has 0 bridgehead atoms. The van der Waals surface area contributed by atoms with Gasteiger partial charge in [-0.2, -0.15) is 0 Å². The van der Waals surface area contributed by atoms with Gasteiger partial charge in [-0.3, -0.25) is 9.59 Å². The van der Waals surface area contributed by atoms with E-state index < -0.39 is 0 Å². The predicted octanol–water partition coefficient (Wildman–Crippen LogP) is 3.30. The summed E-state index contributed by atoms with van der Waals surface area (Å²) in [5.74, 6) is 0.432. The summed E-state index contributed by atoms with van der Waals surface area (Å²) in [5, 5.41) is 3.01. The zero-order valence-electron chi connectivity index (χ0n) is 16.7. The Balaban J connectivity index is 1.19. The molecule has 0 aliphatic carbocycles. The van der Waals surface area contributed by atoms with E-state index in [2.05, 4.69) is 15.3 Å². The number of carbonyl (C=O) groups is 2. The maximum absolute atomic E-state index is 13.0. The van der Waals surface area contributed by atoms with Crippen LogP contribution in [-0.4, -0.2) is 46.3 Å². The van der Waals surface area contributed by atoms with E-state index in [4.69, 9.17) is 0 Å². The monoisotopic (exact) mass is 408 g/mol. The molecule has 1 aliphatic heterocycles. The SMILES string of the molecule is O=C(NCCCc1nc2ccccc2[nH]1)C1CCN(C(=O)c2ccc(F)cc2)CC1. The van der Waals surface area contributed by atoms with Gasteiger partial charge in [0.2, 0.25) is 5.91 Å². The average molecular weight is 408 g/mol. The standard InChI is InChI=1S/C23H25FN4O2/c24-18-9-7-17(8-10-18)23(30)28-14-11-16(12-15-28)22(29)25-13-3-6-21-26-19-4-1-2-5-20(19)27-21/h1-2,4-5,7-10,16H,3,6,11-15H2,(H,25,29)(H,26,27). The van der Waals surface area contributed by atoms with Crippen LogP contribution in [0.4, 0.5) is 4.39 Å². The highest BCUT2D eigenvalue weighted by molar-refractivity contribution is 5.94. The molecule has 4 rings (SSSR count). The van der Waals surface area contributed by atoms with Gasteiger partial charge in [-0.05, 0) is 55.7 Å². The first-order valence-electron chi connectivity index (χ1n) is 10.4. The number of piperidine rings is 1. The number of carbonyl (C=O) groups excluding carboxylic acids is 2. The van der Waals surface area contributed by atoms with E-state index in [0.29, 0.717) is 38.0 Å². The molecule has 6 nitrogen and oxygen atoms in total. The van der Waals surface area contributed by atoms with Crippen LogP contribution >= 0.6 is 0 Å². The highest BCUT2D eigenvalue weighted by Gasteiger charge is 2.27. The van der Waals surface area contributed by atoms with E-state index in [0.717, 1.165) is 29.7 Å². The predicted molar refractivity (Wildman–Crippen MR) is 112 cm³/mol. The van der Waals surface area contributed by atoms with Crippen molar-refractivity contribution in [1.29, 1.82) is 0 Å². The van der Waals surface area contributed by atoms with Crippen molar-refractivity contribution in [3.05, 3.63) is 65.7 Å². The summed E-state index contributed by atoms with van der Waals surface area (Å²) in [5.41, 5.74) is 2.46. The van der Waals surface area contributed by atoms with Crippen molar-refractivity contribution in [3.63, 3.8) is 0 Å². The van der Waals surface area contributed by atoms with Crippen LogP contribution in [-0.2, 0) is 11.2 Å². The van der Waals surface area contributed by atoms with Gasteiger partial charge in [0.05, 0.1) is 11.0 Å². The van der Waals surface area contributed by atoms with Crippen LogP contribution in [0.1, 0.15) is 35.4 Å². The van der Waals surface area contributed by atoms with Crippen molar-refractivity contribution >= 4 is 22.8 Å². The first-order chi connectivity index (χ1) is 14.6. The highest BCUT2D eigenvalue weighted by Crippen LogP contribution is 2.19. The number of likely N-dealkylation sites (tertiary alicyclic amines) is 1. The second-order valence-electron chi connectivity index (χ2n) is 7.67. The van der Waals surface area contributed by atoms with Crippen molar-refractivity contribution < 1.29 is 14.0 Å². The molecule has 2 N–H and O–H groups in total. The molecule has 2 amide bonds. The minimum Gasteiger partial charge on any atom is -0.356 e. The summed E-state index contributed by atoms with van der Waals surface area (Å²) < 4.78 is 13.0. The van der Waals surface area contributed by atoms with Crippen molar-refractivity contribution in [2.45, 2.75) is 25.7 Å². The molecule has 0 radical (unpaired) electrons. The lowest BCUT2D eigenvalue weighted by molar-refractivity contribution is -0.126. The number of fused-ring (bicyclic) bond motifs is 1. The summed E-state index contributed by atoms with van der Waals surface area (Å²) in [6.45, 7) is 1.67. The second kappa shape index (κ2) is 9.07. The molecule has 1 aromatic heterocycles. The van der Waals surface area contributed by atoms with E-state index in [1.165, 1.54) is 24.3 Å². The van der Waals surface area contributed by atoms with Gasteiger partial charge in [-0.1, -0.05) is 12.1 Å². The minimum absolute atomic E-state index is 0.0495. The van der Waals surface area contributed by atoms with Crippen LogP contribution in [0.15, 0.2) is 48.5 Å². The van der Waals surface area contributed by atoms with Crippen LogP contribution in [0.2, 0.25) is 0 Å². The summed E-state index contributed by atoms with van der Waals surface area (Å²) in [4.78, 5) is 34.5. The lowest BCUT2D eigenvalue weighted by Crippen LogP contribution is -2.43. The molecule has 30 heavy (non-hydrogen) atoms. The molecule has 1 aliphatic rings. The zero-order valence-corrected chi connectivity index (χ0v) is 16.7. The van der Waals surface area contributed by atoms with E-state index >= 15 is 0 Å². The molecule has 1 saturated heterocycles. The number of halogens is 1. The number of aromatic nitrogens is 2. The van der Waals surface area contributed by atoms with Gasteiger partial charge >= 0.3 is 0 Å². The van der Waals surface area contributed by atoms with Gasteiger partial charge in [-0.25, -0.2) is 9.37 Å². The van der Waals surface area contributed by atoms with Crippen molar-refractivity contribution in [1.82, 2.24) is 20.2 Å². The highest BCUT2D eigenvalue weighted by atomic mass is 19.1. The Morgan fingerprint density at radius 1 is 1.10 bits per heavy atom. The average Bonchev–Trinajstić information content (AvgIpc) is 3.19. The van der Waals surface area contributed by atoms with Gasteiger partial charge in [0.15, 0.2) is 0 Å². The fourth-order valence-electron chi connectivity index (χ4n) is 3.86. The molecule has 1 fully saturated rings. The quantitative estimate of drug-likeness (QED) is 0.615. The van der Waals surface area contributed by atoms with Gasteiger partial charge < -0.3 is 15.2 Å². The van der Waals surface area contributed by atoms with E-state index in [9.17, 15) is 14.0 Å². The lowest BCUT2D eigenvalue weighted by atomic mass is 9.95. The molecular weight excluding hydrogens is 383 g/mol. The number of rotatable bonds is 6. The van der Waals surface area contributed by atoms with Crippen LogP contribution in [0.5, 0.6) is 0 Å². The Morgan fingerprint density at radius 2 is 1.83 bits per heavy atom. The zero-order chi connectivity index (χ0) is 20.9. The third-order valence-electron chi connectivity index (χ3n) is 5.57. The maximum atomic E-state index is 13.0. The number of nitrogens with one attached hydrogen (secondary N) is 2. The van der Waals surface area contributed by atoms with Crippen molar-refractivity contribution in [2.24, 2.45) is 5.92 Å². The molecule has 3 aromatic rings. The number of hydrogen-bond acceptors (Lipinski definition) is 3. The van der Waals surface area contributed by atoms with Crippen LogP contribution < -0.4 is 5.32 Å². The lowest BCUT2D eigenvalue weighted by Gasteiger charge is -2.31. The van der Waals surface area contributed by atoms with Gasteiger partial charge in [-0.15, -0.1) is 0 Å². The number of H-pyrrole nitrogens is 1. The van der Waals surface area contributed by atoms with Crippen LogP contribution in [0, 0.1) is 11.7 Å². The summed E-state index contributed by atoms with van der Waals surface area (Å²) in [6, 6.07) is 13.5. The number of para-hydroxylation sites is 2. The molecule has 0 saturated carbocycles. The Kier molecular flexibility index (Phi) is 6.07. The minimum atomic E-state index is -0.359. The number of imidazole rings is 1. The molecular formula is C23H25FN4O2. The number of aryl methyl sites for hydroxylation is 1. The smallest absolute Gasteiger partial charge is 0.253 e. The summed E-state index contributed by atoms with van der Waals surface area (Å²) in [7, 11) is 0. The largest absolute Gasteiger partial charge is 0.356 e. The molecule has 156 valence electrons. The summed E-state index contributed by atoms with van der Waals surface area (Å²) in [6.07, 6.45) is 2.87. The third kappa shape index (κ3) is 4.67. The normalized spacial score (nSPS) is 14.8. The Morgan fingerprint density at radius 3 is 2.57 bits per heavy atom. The van der Waals surface area contributed by atoms with E-state index in [-0.39, 0.29) is 23.5 Å². The Labute approximate surface area is 174 Å². The molecule has 0 unspecified atom stereocenters. The van der Waals surface area contributed by atoms with E-state index in [1.54, 1.807) is 4.90 Å². The molecule has 7 heteroatoms. The number of aromatic amines is 1. The summed E-state index contributed by atoms with van der Waals surface area (Å²) >= 11 is 0. The van der Waals surface area contributed by atoms with Crippen molar-refractivity contribution in [2.75, 3.05) is 19.6 Å². The first kappa shape index (κ1) is 20.1. The fraction of sp³-hybridized carbons (Fsp3) is 0.348. The van der Waals surface area contributed by atoms with Gasteiger partial charge in [0.25, 0.3) is 5.91 Å². The number of nitrogens with zero attached hydrogens (tertiary/aromatic N) is 2. The first-order valence-corrected chi connectivity index (χ1v) is 10.4. The molecule has 0 atom stereocenters. The van der Waals surface area contributed by atoms with Crippen molar-refractivity contribution in [3.8, 4) is 0 Å². The van der Waals surface area contributed by atoms with Gasteiger partial charge in [0.1, 0.15) is 11.6 Å². The number of benzene rings is 2. The number of hydrogen-bond donors (Lipinski definition) is 2. The number of amides is 2. The Hall–Kier alpha value is -3.22. The third-order valence-corrected chi connectivity index (χ3v) is 5.57. The topological polar surface area (TPSA) is 78.1 Å². The molecule has 2 aromatic carbocycles. The van der Waals surface area contributed by atoms with Crippen LogP contribution in [0.25, 0.3) is 11.0 Å². The molecule has 2 heterocycles. The van der Waals surface area contributed by atoms with Gasteiger partial charge in [0, 0.05) is 37.5 Å². The Bertz CT molecular complexity index is 990. The molecule has 0 spiro atoms. The second-order valence-corrected chi connectivity index (χ2v) is 7.67. The van der Waals surface area contributed by atoms with Crippen LogP contribution in [0.3, 0.4) is 0 Å². The fourth-order valence-corrected chi connectivity index (χ4v) is 3.86. The maximum Gasteiger partial charge on any atom is 0.253 e.